The van der Waals surface area contributed by atoms with Gasteiger partial charge in [0.1, 0.15) is 17.3 Å². The maximum absolute atomic E-state index is 12.3. The fourth-order valence-electron chi connectivity index (χ4n) is 2.72. The Kier molecular flexibility index (Phi) is 5.57. The van der Waals surface area contributed by atoms with Gasteiger partial charge in [-0.15, -0.1) is 0 Å². The van der Waals surface area contributed by atoms with E-state index in [0.717, 1.165) is 31.6 Å². The Hall–Kier alpha value is -0.860. The molecule has 1 fully saturated rings. The molecule has 0 aromatic heterocycles. The number of Topliss-reactive ketones (excluding diaryl/α,β-unsaturated/α-hetero) is 1. The average molecular weight is 268 g/mol. The molecule has 1 aliphatic rings. The Morgan fingerprint density at radius 3 is 2.11 bits per heavy atom. The van der Waals surface area contributed by atoms with Crippen molar-refractivity contribution in [2.24, 2.45) is 17.8 Å². The van der Waals surface area contributed by atoms with Crippen LogP contribution in [-0.4, -0.2) is 17.4 Å². The van der Waals surface area contributed by atoms with E-state index in [1.807, 2.05) is 20.8 Å². The quantitative estimate of drug-likeness (QED) is 0.576. The van der Waals surface area contributed by atoms with Gasteiger partial charge >= 0.3 is 5.97 Å². The zero-order valence-electron chi connectivity index (χ0n) is 13.0. The molecule has 3 nitrogen and oxygen atoms in total. The Morgan fingerprint density at radius 2 is 1.68 bits per heavy atom. The van der Waals surface area contributed by atoms with Crippen molar-refractivity contribution in [3.63, 3.8) is 0 Å². The molecule has 1 saturated carbocycles. The zero-order valence-corrected chi connectivity index (χ0v) is 13.0. The molecule has 0 heterocycles. The molecule has 110 valence electrons. The monoisotopic (exact) mass is 268 g/mol. The van der Waals surface area contributed by atoms with Crippen LogP contribution in [-0.2, 0) is 14.3 Å². The molecule has 0 amide bonds. The molecule has 0 bridgehead atoms. The van der Waals surface area contributed by atoms with Crippen LogP contribution < -0.4 is 0 Å². The fraction of sp³-hybridized carbons (Fsp3) is 0.875. The van der Waals surface area contributed by atoms with E-state index in [9.17, 15) is 9.59 Å². The fourth-order valence-corrected chi connectivity index (χ4v) is 2.72. The van der Waals surface area contributed by atoms with E-state index in [-0.39, 0.29) is 17.7 Å². The Labute approximate surface area is 117 Å². The molecule has 0 aromatic rings. The third kappa shape index (κ3) is 4.96. The van der Waals surface area contributed by atoms with Gasteiger partial charge in [0.05, 0.1) is 0 Å². The zero-order chi connectivity index (χ0) is 14.6. The van der Waals surface area contributed by atoms with E-state index >= 15 is 0 Å². The van der Waals surface area contributed by atoms with Crippen molar-refractivity contribution in [1.82, 2.24) is 0 Å². The first-order valence-electron chi connectivity index (χ1n) is 7.51. The Morgan fingerprint density at radius 1 is 1.16 bits per heavy atom. The largest absolute Gasteiger partial charge is 0.459 e. The lowest BCUT2D eigenvalue weighted by molar-refractivity contribution is -0.162. The summed E-state index contributed by atoms with van der Waals surface area (Å²) in [5.74, 6) is -0.104. The predicted octanol–water partition coefficient (Wildman–Crippen LogP) is 3.75. The summed E-state index contributed by atoms with van der Waals surface area (Å²) in [6.45, 7) is 9.37. The van der Waals surface area contributed by atoms with Gasteiger partial charge < -0.3 is 4.74 Å². The topological polar surface area (TPSA) is 43.4 Å². The first kappa shape index (κ1) is 16.2. The summed E-state index contributed by atoms with van der Waals surface area (Å²) in [5, 5.41) is 0. The number of carbonyl (C=O) groups excluding carboxylic acids is 2. The van der Waals surface area contributed by atoms with Crippen LogP contribution in [0.2, 0.25) is 0 Å². The number of esters is 1. The highest BCUT2D eigenvalue weighted by Gasteiger charge is 2.33. The molecule has 1 rings (SSSR count). The smallest absolute Gasteiger partial charge is 0.316 e. The van der Waals surface area contributed by atoms with Gasteiger partial charge in [-0.25, -0.2) is 0 Å². The molecule has 0 aromatic carbocycles. The molecular formula is C16H28O3. The van der Waals surface area contributed by atoms with Gasteiger partial charge in [0, 0.05) is 5.92 Å². The minimum absolute atomic E-state index is 0.0605. The van der Waals surface area contributed by atoms with Crippen LogP contribution in [0.5, 0.6) is 0 Å². The summed E-state index contributed by atoms with van der Waals surface area (Å²) in [7, 11) is 0. The van der Waals surface area contributed by atoms with Crippen molar-refractivity contribution in [2.75, 3.05) is 0 Å². The molecule has 0 aliphatic heterocycles. The molecule has 19 heavy (non-hydrogen) atoms. The van der Waals surface area contributed by atoms with E-state index in [1.165, 1.54) is 6.42 Å². The SMILES string of the molecule is CCC1CCC(C(=O)C(C)C(=O)OC(C)(C)C)CC1. The van der Waals surface area contributed by atoms with Crippen molar-refractivity contribution in [3.8, 4) is 0 Å². The first-order chi connectivity index (χ1) is 8.74. The lowest BCUT2D eigenvalue weighted by atomic mass is 9.77. The highest BCUT2D eigenvalue weighted by atomic mass is 16.6. The molecular weight excluding hydrogens is 240 g/mol. The Bertz CT molecular complexity index is 319. The maximum atomic E-state index is 12.3. The summed E-state index contributed by atoms with van der Waals surface area (Å²) in [6.07, 6.45) is 5.30. The van der Waals surface area contributed by atoms with Gasteiger partial charge in [0.15, 0.2) is 0 Å². The van der Waals surface area contributed by atoms with E-state index in [1.54, 1.807) is 6.92 Å². The van der Waals surface area contributed by atoms with E-state index < -0.39 is 11.5 Å². The van der Waals surface area contributed by atoms with E-state index in [2.05, 4.69) is 6.92 Å². The predicted molar refractivity (Wildman–Crippen MR) is 75.8 cm³/mol. The minimum Gasteiger partial charge on any atom is -0.459 e. The number of carbonyl (C=O) groups is 2. The van der Waals surface area contributed by atoms with Crippen molar-refractivity contribution in [3.05, 3.63) is 0 Å². The highest BCUT2D eigenvalue weighted by molar-refractivity contribution is 5.99. The van der Waals surface area contributed by atoms with Crippen molar-refractivity contribution in [2.45, 2.75) is 72.3 Å². The third-order valence-corrected chi connectivity index (χ3v) is 4.01. The van der Waals surface area contributed by atoms with Crippen LogP contribution in [0.15, 0.2) is 0 Å². The van der Waals surface area contributed by atoms with Gasteiger partial charge in [0.2, 0.25) is 0 Å². The second kappa shape index (κ2) is 6.53. The molecule has 3 heteroatoms. The number of hydrogen-bond acceptors (Lipinski definition) is 3. The molecule has 0 saturated heterocycles. The summed E-state index contributed by atoms with van der Waals surface area (Å²) >= 11 is 0. The number of ether oxygens (including phenoxy) is 1. The van der Waals surface area contributed by atoms with Gasteiger partial charge in [-0.2, -0.15) is 0 Å². The third-order valence-electron chi connectivity index (χ3n) is 4.01. The molecule has 1 atom stereocenters. The van der Waals surface area contributed by atoms with Crippen LogP contribution in [0.4, 0.5) is 0 Å². The van der Waals surface area contributed by atoms with Crippen LogP contribution in [0.3, 0.4) is 0 Å². The molecule has 1 aliphatic carbocycles. The van der Waals surface area contributed by atoms with Crippen molar-refractivity contribution < 1.29 is 14.3 Å². The summed E-state index contributed by atoms with van der Waals surface area (Å²) in [5.41, 5.74) is -0.522. The summed E-state index contributed by atoms with van der Waals surface area (Å²) in [4.78, 5) is 24.2. The lowest BCUT2D eigenvalue weighted by Crippen LogP contribution is -2.35. The summed E-state index contributed by atoms with van der Waals surface area (Å²) < 4.78 is 5.29. The van der Waals surface area contributed by atoms with E-state index in [4.69, 9.17) is 4.74 Å². The number of ketones is 1. The van der Waals surface area contributed by atoms with Crippen LogP contribution in [0.25, 0.3) is 0 Å². The van der Waals surface area contributed by atoms with Gasteiger partial charge in [-0.1, -0.05) is 13.3 Å². The van der Waals surface area contributed by atoms with Crippen LogP contribution in [0, 0.1) is 17.8 Å². The van der Waals surface area contributed by atoms with Crippen molar-refractivity contribution >= 4 is 11.8 Å². The average Bonchev–Trinajstić information content (AvgIpc) is 2.35. The molecule has 0 radical (unpaired) electrons. The highest BCUT2D eigenvalue weighted by Crippen LogP contribution is 2.32. The van der Waals surface area contributed by atoms with E-state index in [0.29, 0.717) is 0 Å². The van der Waals surface area contributed by atoms with Crippen LogP contribution in [0.1, 0.15) is 66.7 Å². The molecule has 0 N–H and O–H groups in total. The number of hydrogen-bond donors (Lipinski definition) is 0. The second-order valence-electron chi connectivity index (χ2n) is 6.78. The van der Waals surface area contributed by atoms with Gasteiger partial charge in [0.25, 0.3) is 0 Å². The number of rotatable bonds is 4. The minimum atomic E-state index is -0.623. The second-order valence-corrected chi connectivity index (χ2v) is 6.78. The first-order valence-corrected chi connectivity index (χ1v) is 7.51. The lowest BCUT2D eigenvalue weighted by Gasteiger charge is -2.29. The maximum Gasteiger partial charge on any atom is 0.316 e. The van der Waals surface area contributed by atoms with Gasteiger partial charge in [-0.05, 0) is 59.3 Å². The van der Waals surface area contributed by atoms with Crippen LogP contribution >= 0.6 is 0 Å². The summed E-state index contributed by atoms with van der Waals surface area (Å²) in [6, 6.07) is 0. The standard InChI is InChI=1S/C16H28O3/c1-6-12-7-9-13(10-8-12)14(17)11(2)15(18)19-16(3,4)5/h11-13H,6-10H2,1-5H3. The normalized spacial score (nSPS) is 25.7. The Balaban J connectivity index is 2.51. The van der Waals surface area contributed by atoms with Crippen molar-refractivity contribution in [1.29, 1.82) is 0 Å². The molecule has 1 unspecified atom stereocenters. The van der Waals surface area contributed by atoms with Gasteiger partial charge in [-0.3, -0.25) is 9.59 Å². The molecule has 0 spiro atoms.